The molecule has 0 aliphatic carbocycles. The number of hydrogen-bond acceptors (Lipinski definition) is 8. The summed E-state index contributed by atoms with van der Waals surface area (Å²) in [6.45, 7) is 1.49. The Kier molecular flexibility index (Phi) is 5.75. The highest BCUT2D eigenvalue weighted by atomic mass is 16.7. The van der Waals surface area contributed by atoms with Crippen LogP contribution in [0.15, 0.2) is 30.3 Å². The van der Waals surface area contributed by atoms with Crippen LogP contribution >= 0.6 is 0 Å². The van der Waals surface area contributed by atoms with Crippen molar-refractivity contribution in [2.45, 2.75) is 0 Å². The van der Waals surface area contributed by atoms with Crippen LogP contribution in [0, 0.1) is 0 Å². The maximum atomic E-state index is 9.36. The Balaban J connectivity index is 1.36. The molecule has 0 radical (unpaired) electrons. The first-order valence-corrected chi connectivity index (χ1v) is 7.99. The van der Waals surface area contributed by atoms with Gasteiger partial charge in [-0.2, -0.15) is 0 Å². The SMILES string of the molecule is COc1cc(OCCOCCOc2cc(O)cc(O)c2)cc2c1OCO2. The van der Waals surface area contributed by atoms with Crippen molar-refractivity contribution < 1.29 is 38.6 Å². The van der Waals surface area contributed by atoms with Gasteiger partial charge in [0.25, 0.3) is 0 Å². The molecule has 3 rings (SSSR count). The molecule has 2 aromatic rings. The molecule has 1 heterocycles. The highest BCUT2D eigenvalue weighted by molar-refractivity contribution is 5.57. The smallest absolute Gasteiger partial charge is 0.231 e. The molecule has 8 heteroatoms. The fraction of sp³-hybridized carbons (Fsp3) is 0.333. The minimum atomic E-state index is -0.0616. The fourth-order valence-corrected chi connectivity index (χ4v) is 2.38. The second kappa shape index (κ2) is 8.39. The standard InChI is InChI=1S/C18H20O8/c1-21-16-9-15(10-17-18(16)26-11-25-17)24-5-3-22-2-4-23-14-7-12(19)6-13(20)8-14/h6-10,19-20H,2-5,11H2,1H3. The normalized spacial score (nSPS) is 12.0. The van der Waals surface area contributed by atoms with Crippen LogP contribution in [-0.2, 0) is 4.74 Å². The van der Waals surface area contributed by atoms with Gasteiger partial charge in [-0.05, 0) is 0 Å². The molecule has 2 aromatic carbocycles. The zero-order valence-electron chi connectivity index (χ0n) is 14.3. The third-order valence-corrected chi connectivity index (χ3v) is 3.50. The highest BCUT2D eigenvalue weighted by Crippen LogP contribution is 2.43. The Morgan fingerprint density at radius 2 is 1.50 bits per heavy atom. The van der Waals surface area contributed by atoms with E-state index in [-0.39, 0.29) is 24.9 Å². The predicted molar refractivity (Wildman–Crippen MR) is 90.7 cm³/mol. The number of phenolic OH excluding ortho intramolecular Hbond substituents is 2. The van der Waals surface area contributed by atoms with E-state index in [1.54, 1.807) is 19.2 Å². The molecule has 140 valence electrons. The van der Waals surface area contributed by atoms with Crippen molar-refractivity contribution in [3.8, 4) is 40.2 Å². The first kappa shape index (κ1) is 17.8. The van der Waals surface area contributed by atoms with Gasteiger partial charge in [-0.3, -0.25) is 0 Å². The van der Waals surface area contributed by atoms with Crippen LogP contribution in [0.1, 0.15) is 0 Å². The highest BCUT2D eigenvalue weighted by Gasteiger charge is 2.20. The lowest BCUT2D eigenvalue weighted by Crippen LogP contribution is -2.12. The van der Waals surface area contributed by atoms with Crippen molar-refractivity contribution in [1.29, 1.82) is 0 Å². The van der Waals surface area contributed by atoms with Crippen molar-refractivity contribution in [3.05, 3.63) is 30.3 Å². The second-order valence-corrected chi connectivity index (χ2v) is 5.35. The van der Waals surface area contributed by atoms with Gasteiger partial charge >= 0.3 is 0 Å². The molecular weight excluding hydrogens is 344 g/mol. The predicted octanol–water partition coefficient (Wildman–Crippen LogP) is 2.31. The molecule has 0 unspecified atom stereocenters. The zero-order valence-corrected chi connectivity index (χ0v) is 14.3. The monoisotopic (exact) mass is 364 g/mol. The summed E-state index contributed by atoms with van der Waals surface area (Å²) in [5.41, 5.74) is 0. The van der Waals surface area contributed by atoms with E-state index in [1.165, 1.54) is 18.2 Å². The Labute approximate surface area is 150 Å². The van der Waals surface area contributed by atoms with Crippen LogP contribution in [0.2, 0.25) is 0 Å². The third kappa shape index (κ3) is 4.54. The quantitative estimate of drug-likeness (QED) is 0.655. The maximum Gasteiger partial charge on any atom is 0.231 e. The minimum absolute atomic E-state index is 0.0616. The number of methoxy groups -OCH3 is 1. The van der Waals surface area contributed by atoms with Gasteiger partial charge in [0.15, 0.2) is 11.5 Å². The summed E-state index contributed by atoms with van der Waals surface area (Å²) < 4.78 is 32.3. The summed E-state index contributed by atoms with van der Waals surface area (Å²) in [4.78, 5) is 0. The van der Waals surface area contributed by atoms with E-state index in [0.717, 1.165) is 0 Å². The lowest BCUT2D eigenvalue weighted by Gasteiger charge is -2.11. The average molecular weight is 364 g/mol. The van der Waals surface area contributed by atoms with Gasteiger partial charge in [0, 0.05) is 30.3 Å². The van der Waals surface area contributed by atoms with E-state index in [4.69, 9.17) is 28.4 Å². The summed E-state index contributed by atoms with van der Waals surface area (Å²) in [7, 11) is 1.55. The van der Waals surface area contributed by atoms with E-state index in [2.05, 4.69) is 0 Å². The van der Waals surface area contributed by atoms with E-state index in [0.29, 0.717) is 48.6 Å². The first-order valence-electron chi connectivity index (χ1n) is 7.99. The van der Waals surface area contributed by atoms with Crippen LogP contribution < -0.4 is 23.7 Å². The number of phenols is 2. The molecule has 0 amide bonds. The number of benzene rings is 2. The average Bonchev–Trinajstić information content (AvgIpc) is 3.08. The molecule has 1 aliphatic rings. The van der Waals surface area contributed by atoms with Crippen molar-refractivity contribution in [1.82, 2.24) is 0 Å². The summed E-state index contributed by atoms with van der Waals surface area (Å²) in [5.74, 6) is 2.56. The van der Waals surface area contributed by atoms with Crippen LogP contribution in [0.3, 0.4) is 0 Å². The van der Waals surface area contributed by atoms with Crippen LogP contribution in [0.4, 0.5) is 0 Å². The minimum Gasteiger partial charge on any atom is -0.508 e. The summed E-state index contributed by atoms with van der Waals surface area (Å²) >= 11 is 0. The lowest BCUT2D eigenvalue weighted by atomic mass is 10.3. The summed E-state index contributed by atoms with van der Waals surface area (Å²) in [6, 6.07) is 7.52. The van der Waals surface area contributed by atoms with E-state index < -0.39 is 0 Å². The summed E-state index contributed by atoms with van der Waals surface area (Å²) in [5, 5.41) is 18.7. The Morgan fingerprint density at radius 3 is 2.15 bits per heavy atom. The Bertz CT molecular complexity index is 726. The molecule has 0 aromatic heterocycles. The molecule has 8 nitrogen and oxygen atoms in total. The molecule has 0 saturated heterocycles. The number of ether oxygens (including phenoxy) is 6. The van der Waals surface area contributed by atoms with Gasteiger partial charge in [-0.25, -0.2) is 0 Å². The summed E-state index contributed by atoms with van der Waals surface area (Å²) in [6.07, 6.45) is 0. The van der Waals surface area contributed by atoms with Crippen LogP contribution in [0.5, 0.6) is 40.2 Å². The van der Waals surface area contributed by atoms with Gasteiger partial charge < -0.3 is 38.6 Å². The Morgan fingerprint density at radius 1 is 0.846 bits per heavy atom. The number of aromatic hydroxyl groups is 2. The molecule has 1 aliphatic heterocycles. The Hall–Kier alpha value is -3.00. The topological polar surface area (TPSA) is 95.8 Å². The largest absolute Gasteiger partial charge is 0.508 e. The molecule has 0 fully saturated rings. The molecule has 0 saturated carbocycles. The molecule has 2 N–H and O–H groups in total. The van der Waals surface area contributed by atoms with E-state index >= 15 is 0 Å². The van der Waals surface area contributed by atoms with Crippen LogP contribution in [0.25, 0.3) is 0 Å². The molecule has 26 heavy (non-hydrogen) atoms. The van der Waals surface area contributed by atoms with Gasteiger partial charge in [-0.1, -0.05) is 0 Å². The fourth-order valence-electron chi connectivity index (χ4n) is 2.38. The van der Waals surface area contributed by atoms with Crippen molar-refractivity contribution in [2.75, 3.05) is 40.3 Å². The van der Waals surface area contributed by atoms with Crippen molar-refractivity contribution in [2.24, 2.45) is 0 Å². The van der Waals surface area contributed by atoms with Gasteiger partial charge in [0.1, 0.15) is 36.2 Å². The molecular formula is C18H20O8. The first-order chi connectivity index (χ1) is 12.7. The van der Waals surface area contributed by atoms with E-state index in [1.807, 2.05) is 0 Å². The lowest BCUT2D eigenvalue weighted by molar-refractivity contribution is 0.0762. The van der Waals surface area contributed by atoms with Crippen molar-refractivity contribution in [3.63, 3.8) is 0 Å². The number of hydrogen-bond donors (Lipinski definition) is 2. The molecule has 0 spiro atoms. The van der Waals surface area contributed by atoms with Gasteiger partial charge in [0.2, 0.25) is 12.5 Å². The number of fused-ring (bicyclic) bond motifs is 1. The zero-order chi connectivity index (χ0) is 18.4. The van der Waals surface area contributed by atoms with E-state index in [9.17, 15) is 10.2 Å². The number of rotatable bonds is 9. The third-order valence-electron chi connectivity index (χ3n) is 3.50. The van der Waals surface area contributed by atoms with Gasteiger partial charge in [0.05, 0.1) is 20.3 Å². The second-order valence-electron chi connectivity index (χ2n) is 5.35. The molecule has 0 atom stereocenters. The van der Waals surface area contributed by atoms with Crippen LogP contribution in [-0.4, -0.2) is 50.5 Å². The maximum absolute atomic E-state index is 9.36. The van der Waals surface area contributed by atoms with Crippen molar-refractivity contribution >= 4 is 0 Å². The van der Waals surface area contributed by atoms with Gasteiger partial charge in [-0.15, -0.1) is 0 Å². The molecule has 0 bridgehead atoms.